The molecule has 0 aromatic heterocycles. The smallest absolute Gasteiger partial charge is 0.326 e. The van der Waals surface area contributed by atoms with Crippen molar-refractivity contribution in [1.29, 1.82) is 0 Å². The van der Waals surface area contributed by atoms with Gasteiger partial charge in [-0.3, -0.25) is 9.59 Å². The van der Waals surface area contributed by atoms with Crippen LogP contribution in [0.25, 0.3) is 0 Å². The van der Waals surface area contributed by atoms with Gasteiger partial charge in [0.1, 0.15) is 12.1 Å². The number of carboxylic acids is 1. The summed E-state index contributed by atoms with van der Waals surface area (Å²) < 4.78 is 0. The maximum Gasteiger partial charge on any atom is 0.326 e. The SMILES string of the molecule is CCC(C)C(NC(=O)C(NC(=O)CCC(C)[C@H]1CC[C@H]2[C@@H]3CC[C@@H]4C[C@H](O)CC[C@]4(C)[C@H]3CC[C@]12C)C(C)C)C(=O)O. The summed E-state index contributed by atoms with van der Waals surface area (Å²) in [4.78, 5) is 37.9. The fraction of sp³-hybridized carbons (Fsp3) is 0.914. The van der Waals surface area contributed by atoms with Crippen LogP contribution in [0.2, 0.25) is 0 Å². The third-order valence-corrected chi connectivity index (χ3v) is 13.3. The minimum absolute atomic E-state index is 0.0981. The number of nitrogens with one attached hydrogen (secondary N) is 2. The zero-order valence-electron chi connectivity index (χ0n) is 27.5. The van der Waals surface area contributed by atoms with Crippen LogP contribution in [0.3, 0.4) is 0 Å². The first kappa shape index (κ1) is 33.3. The zero-order valence-corrected chi connectivity index (χ0v) is 27.5. The molecule has 42 heavy (non-hydrogen) atoms. The Morgan fingerprint density at radius 2 is 1.52 bits per heavy atom. The van der Waals surface area contributed by atoms with E-state index in [1.54, 1.807) is 0 Å². The minimum atomic E-state index is -1.04. The molecule has 4 rings (SSSR count). The summed E-state index contributed by atoms with van der Waals surface area (Å²) in [6, 6.07) is -1.71. The van der Waals surface area contributed by atoms with E-state index in [1.807, 2.05) is 27.7 Å². The lowest BCUT2D eigenvalue weighted by Crippen LogP contribution is -2.55. The fourth-order valence-electron chi connectivity index (χ4n) is 10.5. The van der Waals surface area contributed by atoms with E-state index in [9.17, 15) is 24.6 Å². The van der Waals surface area contributed by atoms with E-state index in [0.717, 1.165) is 37.0 Å². The summed E-state index contributed by atoms with van der Waals surface area (Å²) in [5.41, 5.74) is 0.722. The van der Waals surface area contributed by atoms with Gasteiger partial charge in [0.05, 0.1) is 6.10 Å². The first-order valence-electron chi connectivity index (χ1n) is 17.2. The highest BCUT2D eigenvalue weighted by Crippen LogP contribution is 2.68. The number of aliphatic hydroxyl groups is 1. The molecule has 4 aliphatic carbocycles. The van der Waals surface area contributed by atoms with E-state index in [1.165, 1.54) is 44.9 Å². The summed E-state index contributed by atoms with van der Waals surface area (Å²) in [5, 5.41) is 25.6. The average Bonchev–Trinajstić information content (AvgIpc) is 3.30. The third-order valence-electron chi connectivity index (χ3n) is 13.3. The number of carbonyl (C=O) groups is 3. The molecule has 240 valence electrons. The number of aliphatic hydroxyl groups excluding tert-OH is 1. The Labute approximate surface area is 254 Å². The number of aliphatic carboxylic acids is 1. The van der Waals surface area contributed by atoms with E-state index < -0.39 is 24.0 Å². The summed E-state index contributed by atoms with van der Waals surface area (Å²) in [7, 11) is 0. The highest BCUT2D eigenvalue weighted by Gasteiger charge is 2.60. The molecule has 12 atom stereocenters. The Bertz CT molecular complexity index is 984. The maximum absolute atomic E-state index is 13.1. The highest BCUT2D eigenvalue weighted by molar-refractivity contribution is 5.90. The van der Waals surface area contributed by atoms with Gasteiger partial charge in [0, 0.05) is 6.42 Å². The Morgan fingerprint density at radius 1 is 0.857 bits per heavy atom. The van der Waals surface area contributed by atoms with Crippen LogP contribution in [0.1, 0.15) is 126 Å². The van der Waals surface area contributed by atoms with Gasteiger partial charge in [-0.2, -0.15) is 0 Å². The molecule has 2 amide bonds. The summed E-state index contributed by atoms with van der Waals surface area (Å²) in [5.74, 6) is 2.17. The van der Waals surface area contributed by atoms with Gasteiger partial charge in [-0.1, -0.05) is 54.9 Å². The summed E-state index contributed by atoms with van der Waals surface area (Å²) >= 11 is 0. The number of hydrogen-bond donors (Lipinski definition) is 4. The molecule has 4 saturated carbocycles. The first-order chi connectivity index (χ1) is 19.7. The largest absolute Gasteiger partial charge is 0.480 e. The summed E-state index contributed by atoms with van der Waals surface area (Å²) in [6.07, 6.45) is 12.6. The normalized spacial score (nSPS) is 38.8. The molecule has 4 N–H and O–H groups in total. The molecule has 0 heterocycles. The molecule has 4 unspecified atom stereocenters. The van der Waals surface area contributed by atoms with Gasteiger partial charge < -0.3 is 20.8 Å². The van der Waals surface area contributed by atoms with Gasteiger partial charge in [0.15, 0.2) is 0 Å². The van der Waals surface area contributed by atoms with Gasteiger partial charge in [0.25, 0.3) is 0 Å². The minimum Gasteiger partial charge on any atom is -0.480 e. The van der Waals surface area contributed by atoms with Crippen LogP contribution in [0, 0.1) is 58.2 Å². The Kier molecular flexibility index (Phi) is 10.4. The number of carboxylic acid groups (broad SMARTS) is 1. The molecule has 0 aromatic rings. The number of carbonyl (C=O) groups excluding carboxylic acids is 2. The molecule has 0 aromatic carbocycles. The molecule has 4 aliphatic rings. The topological polar surface area (TPSA) is 116 Å². The van der Waals surface area contributed by atoms with Crippen LogP contribution in [0.4, 0.5) is 0 Å². The number of amides is 2. The molecule has 7 heteroatoms. The molecule has 0 spiro atoms. The van der Waals surface area contributed by atoms with Gasteiger partial charge >= 0.3 is 5.97 Å². The fourth-order valence-corrected chi connectivity index (χ4v) is 10.5. The van der Waals surface area contributed by atoms with Crippen molar-refractivity contribution in [1.82, 2.24) is 10.6 Å². The van der Waals surface area contributed by atoms with E-state index in [2.05, 4.69) is 31.4 Å². The number of fused-ring (bicyclic) bond motifs is 5. The Balaban J connectivity index is 1.33. The van der Waals surface area contributed by atoms with Gasteiger partial charge in [-0.05, 0) is 122 Å². The van der Waals surface area contributed by atoms with Crippen LogP contribution < -0.4 is 10.6 Å². The van der Waals surface area contributed by atoms with E-state index >= 15 is 0 Å². The van der Waals surface area contributed by atoms with Crippen LogP contribution in [0.15, 0.2) is 0 Å². The summed E-state index contributed by atoms with van der Waals surface area (Å²) in [6.45, 7) is 14.9. The quantitative estimate of drug-likeness (QED) is 0.230. The molecule has 7 nitrogen and oxygen atoms in total. The second-order valence-electron chi connectivity index (χ2n) is 15.8. The van der Waals surface area contributed by atoms with Crippen molar-refractivity contribution in [3.63, 3.8) is 0 Å². The van der Waals surface area contributed by atoms with Crippen LogP contribution in [-0.2, 0) is 14.4 Å². The second-order valence-corrected chi connectivity index (χ2v) is 15.8. The molecule has 0 bridgehead atoms. The van der Waals surface area contributed by atoms with Gasteiger partial charge in [-0.15, -0.1) is 0 Å². The molecule has 4 fully saturated rings. The van der Waals surface area contributed by atoms with E-state index in [4.69, 9.17) is 0 Å². The molecule has 0 radical (unpaired) electrons. The van der Waals surface area contributed by atoms with Crippen LogP contribution >= 0.6 is 0 Å². The van der Waals surface area contributed by atoms with Crippen molar-refractivity contribution in [2.75, 3.05) is 0 Å². The van der Waals surface area contributed by atoms with E-state index in [0.29, 0.717) is 41.4 Å². The predicted molar refractivity (Wildman–Crippen MR) is 165 cm³/mol. The Morgan fingerprint density at radius 3 is 2.17 bits per heavy atom. The van der Waals surface area contributed by atoms with Gasteiger partial charge in [-0.25, -0.2) is 4.79 Å². The molecule has 0 saturated heterocycles. The molecular weight excluding hydrogens is 528 g/mol. The lowest BCUT2D eigenvalue weighted by Gasteiger charge is -2.61. The van der Waals surface area contributed by atoms with Crippen molar-refractivity contribution in [2.45, 2.75) is 144 Å². The van der Waals surface area contributed by atoms with Crippen molar-refractivity contribution >= 4 is 17.8 Å². The number of rotatable bonds is 11. The average molecular weight is 589 g/mol. The lowest BCUT2D eigenvalue weighted by atomic mass is 9.44. The van der Waals surface area contributed by atoms with Gasteiger partial charge in [0.2, 0.25) is 11.8 Å². The third kappa shape index (κ3) is 6.42. The second kappa shape index (κ2) is 13.2. The zero-order chi connectivity index (χ0) is 31.0. The predicted octanol–water partition coefficient (Wildman–Crippen LogP) is 6.18. The Hall–Kier alpha value is -1.63. The van der Waals surface area contributed by atoms with Crippen molar-refractivity contribution < 1.29 is 24.6 Å². The van der Waals surface area contributed by atoms with E-state index in [-0.39, 0.29) is 23.8 Å². The molecule has 0 aliphatic heterocycles. The van der Waals surface area contributed by atoms with Crippen molar-refractivity contribution in [3.8, 4) is 0 Å². The monoisotopic (exact) mass is 588 g/mol. The van der Waals surface area contributed by atoms with Crippen LogP contribution in [-0.4, -0.2) is 46.2 Å². The maximum atomic E-state index is 13.1. The lowest BCUT2D eigenvalue weighted by molar-refractivity contribution is -0.144. The standard InChI is InChI=1S/C35H60N2O5/c1-8-21(4)31(33(41)42)37-32(40)30(20(2)3)36-29(39)14-9-22(5)26-12-13-27-25-11-10-23-19-24(38)15-17-34(23,6)28(25)16-18-35(26,27)7/h20-28,30-31,38H,8-19H2,1-7H3,(H,36,39)(H,37,40)(H,41,42)/t21?,22?,23-,24-,25+,26-,27+,28+,30?,31?,34+,35-/m1/s1. The molecular formula is C35H60N2O5. The van der Waals surface area contributed by atoms with Crippen LogP contribution in [0.5, 0.6) is 0 Å². The van der Waals surface area contributed by atoms with Crippen molar-refractivity contribution in [3.05, 3.63) is 0 Å². The number of hydrogen-bond acceptors (Lipinski definition) is 4. The van der Waals surface area contributed by atoms with Crippen molar-refractivity contribution in [2.24, 2.45) is 58.2 Å². The highest BCUT2D eigenvalue weighted by atomic mass is 16.4. The first-order valence-corrected chi connectivity index (χ1v) is 17.2.